The first-order valence-corrected chi connectivity index (χ1v) is 40.8. The number of hydrogen-bond acceptors (Lipinski definition) is 21. The molecule has 3 aliphatic heterocycles. The predicted molar refractivity (Wildman–Crippen MR) is 436 cm³/mol. The summed E-state index contributed by atoms with van der Waals surface area (Å²) in [5, 5.41) is 8.99. The number of benzene rings is 3. The van der Waals surface area contributed by atoms with Crippen LogP contribution in [0.4, 0.5) is 27.7 Å². The van der Waals surface area contributed by atoms with E-state index in [0.29, 0.717) is 37.0 Å². The van der Waals surface area contributed by atoms with Crippen molar-refractivity contribution >= 4 is 128 Å². The van der Waals surface area contributed by atoms with Crippen LogP contribution in [0.15, 0.2) is 170 Å². The molecule has 0 aliphatic carbocycles. The van der Waals surface area contributed by atoms with Crippen LogP contribution >= 0.6 is 49.9 Å². The summed E-state index contributed by atoms with van der Waals surface area (Å²) >= 11 is 7.83. The van der Waals surface area contributed by atoms with Gasteiger partial charge in [0.2, 0.25) is 0 Å². The first-order chi connectivity index (χ1) is 52.1. The second kappa shape index (κ2) is 39.5. The molecule has 0 radical (unpaired) electrons. The molecule has 0 spiro atoms. The Morgan fingerprint density at radius 3 is 1.08 bits per heavy atom. The zero-order valence-electron chi connectivity index (χ0n) is 61.0. The van der Waals surface area contributed by atoms with Gasteiger partial charge in [-0.2, -0.15) is 0 Å². The van der Waals surface area contributed by atoms with Crippen molar-refractivity contribution in [3.05, 3.63) is 201 Å². The maximum Gasteiger partial charge on any atom is 0.186 e. The molecule has 25 heteroatoms. The van der Waals surface area contributed by atoms with Gasteiger partial charge in [-0.25, -0.2) is 44.9 Å². The molecule has 0 saturated carbocycles. The summed E-state index contributed by atoms with van der Waals surface area (Å²) in [5.41, 5.74) is 7.41. The number of fused-ring (bicyclic) bond motifs is 3. The fourth-order valence-electron chi connectivity index (χ4n) is 14.3. The van der Waals surface area contributed by atoms with Gasteiger partial charge in [-0.3, -0.25) is 14.4 Å². The smallest absolute Gasteiger partial charge is 0.186 e. The van der Waals surface area contributed by atoms with E-state index in [1.165, 1.54) is 72.4 Å². The Kier molecular flexibility index (Phi) is 28.5. The summed E-state index contributed by atoms with van der Waals surface area (Å²) < 4.78 is 0.771. The summed E-state index contributed by atoms with van der Waals surface area (Å²) in [6.45, 7) is 17.8. The van der Waals surface area contributed by atoms with Gasteiger partial charge in [0, 0.05) is 168 Å². The monoisotopic (exact) mass is 1540 g/mol. The minimum atomic E-state index is 0.208. The normalized spacial score (nSPS) is 14.8. The predicted octanol–water partition coefficient (Wildman–Crippen LogP) is 16.6. The molecular weight excluding hydrogens is 1450 g/mol. The van der Waals surface area contributed by atoms with Gasteiger partial charge in [0.15, 0.2) is 31.5 Å². The molecule has 0 bridgehead atoms. The number of ketones is 3. The summed E-state index contributed by atoms with van der Waals surface area (Å²) in [4.78, 5) is 101. The van der Waals surface area contributed by atoms with E-state index in [1.807, 2.05) is 24.3 Å². The summed E-state index contributed by atoms with van der Waals surface area (Å²) in [5.74, 6) is 4.64. The number of aromatic amines is 3. The molecule has 3 fully saturated rings. The van der Waals surface area contributed by atoms with Crippen LogP contribution in [0, 0.1) is 17.8 Å². The zero-order valence-corrected chi connectivity index (χ0v) is 65.0. The first kappa shape index (κ1) is 76.5. The second-order valence-corrected chi connectivity index (χ2v) is 31.8. The zero-order chi connectivity index (χ0) is 73.2. The molecule has 15 rings (SSSR count). The van der Waals surface area contributed by atoms with Crippen molar-refractivity contribution in [2.45, 2.75) is 117 Å². The molecular formula is C81H97BrN18O3S3. The third-order valence-corrected chi connectivity index (χ3v) is 23.8. The molecule has 554 valence electrons. The average Bonchev–Trinajstić information content (AvgIpc) is 1.70. The summed E-state index contributed by atoms with van der Waals surface area (Å²) in [7, 11) is 0. The third-order valence-electron chi connectivity index (χ3n) is 20.0. The number of carbonyl (C=O) groups is 3. The van der Waals surface area contributed by atoms with Crippen LogP contribution < -0.4 is 29.8 Å². The third kappa shape index (κ3) is 21.3. The highest BCUT2D eigenvalue weighted by Gasteiger charge is 2.27. The van der Waals surface area contributed by atoms with E-state index in [4.69, 9.17) is 0 Å². The lowest BCUT2D eigenvalue weighted by molar-refractivity contribution is 0.0953. The quantitative estimate of drug-likeness (QED) is 0.0318. The van der Waals surface area contributed by atoms with E-state index >= 15 is 0 Å². The highest BCUT2D eigenvalue weighted by atomic mass is 79.9. The first-order valence-electron chi connectivity index (χ1n) is 37.6. The number of nitrogens with one attached hydrogen (secondary N) is 4. The fourth-order valence-corrected chi connectivity index (χ4v) is 17.3. The van der Waals surface area contributed by atoms with E-state index in [1.54, 1.807) is 56.2 Å². The number of unbranched alkanes of at least 4 members (excludes halogenated alkanes) is 3. The van der Waals surface area contributed by atoms with E-state index in [-0.39, 0.29) is 17.3 Å². The molecule has 3 aliphatic rings. The van der Waals surface area contributed by atoms with Gasteiger partial charge in [-0.05, 0) is 125 Å². The number of carbonyl (C=O) groups excluding carboxylic acids is 3. The molecule has 12 heterocycles. The molecule has 12 aromatic rings. The molecule has 0 amide bonds. The number of anilines is 5. The lowest BCUT2D eigenvalue weighted by atomic mass is 9.89. The SMILES string of the molecule is CCCCC(CC(=O)c1cnc(Br)s1)Cc1c[nH]c2ccccc12.CCCCC(CC(=O)c1cnc(N2CCN(c3ccncn3)CC2)s1)Cc1c[nH]c2ccccc12.CCCCC(CC(=O)c1cnc(N2CCN(c3ccncn3)CC2)s1)Cc1c[nH]c2ccccc12.c1cc(N2CCNCC2)ncn1. The van der Waals surface area contributed by atoms with E-state index in [9.17, 15) is 14.4 Å². The Morgan fingerprint density at radius 2 is 0.745 bits per heavy atom. The maximum atomic E-state index is 13.3. The Morgan fingerprint density at radius 1 is 0.415 bits per heavy atom. The van der Waals surface area contributed by atoms with Crippen molar-refractivity contribution in [3.8, 4) is 0 Å². The Balaban J connectivity index is 0.000000140. The van der Waals surface area contributed by atoms with Crippen LogP contribution in [-0.4, -0.2) is 156 Å². The number of aromatic nitrogens is 12. The number of halogens is 1. The van der Waals surface area contributed by atoms with Crippen LogP contribution in [0.3, 0.4) is 0 Å². The van der Waals surface area contributed by atoms with Crippen molar-refractivity contribution in [3.63, 3.8) is 0 Å². The number of Topliss-reactive ketones (excluding diaryl/α,β-unsaturated/α-hetero) is 3. The van der Waals surface area contributed by atoms with Gasteiger partial charge in [0.25, 0.3) is 0 Å². The molecule has 9 aromatic heterocycles. The van der Waals surface area contributed by atoms with Gasteiger partial charge in [-0.15, -0.1) is 11.3 Å². The number of para-hydroxylation sites is 3. The number of nitrogens with zero attached hydrogens (tertiary/aromatic N) is 14. The highest BCUT2D eigenvalue weighted by molar-refractivity contribution is 9.11. The highest BCUT2D eigenvalue weighted by Crippen LogP contribution is 2.34. The summed E-state index contributed by atoms with van der Waals surface area (Å²) in [6.07, 6.45) is 36.3. The number of thiazole rings is 3. The van der Waals surface area contributed by atoms with E-state index in [0.717, 1.165) is 213 Å². The largest absolute Gasteiger partial charge is 0.361 e. The van der Waals surface area contributed by atoms with Crippen molar-refractivity contribution < 1.29 is 14.4 Å². The van der Waals surface area contributed by atoms with Gasteiger partial charge in [-0.1, -0.05) is 137 Å². The fraction of sp³-hybridized carbons (Fsp3) is 0.407. The Labute approximate surface area is 641 Å². The van der Waals surface area contributed by atoms with Crippen molar-refractivity contribution in [2.75, 3.05) is 103 Å². The van der Waals surface area contributed by atoms with Gasteiger partial charge in [0.1, 0.15) is 36.4 Å². The van der Waals surface area contributed by atoms with E-state index in [2.05, 4.69) is 212 Å². The lowest BCUT2D eigenvalue weighted by Crippen LogP contribution is -2.46. The van der Waals surface area contributed by atoms with Gasteiger partial charge >= 0.3 is 0 Å². The van der Waals surface area contributed by atoms with E-state index < -0.39 is 0 Å². The Hall–Kier alpha value is -9.14. The molecule has 21 nitrogen and oxygen atoms in total. The molecule has 3 atom stereocenters. The number of H-pyrrole nitrogens is 3. The molecule has 3 aromatic carbocycles. The number of piperazine rings is 3. The van der Waals surface area contributed by atoms with Crippen molar-refractivity contribution in [2.24, 2.45) is 17.8 Å². The molecule has 3 unspecified atom stereocenters. The Bertz CT molecular complexity index is 4440. The van der Waals surface area contributed by atoms with Gasteiger partial charge in [0.05, 0.1) is 33.2 Å². The minimum Gasteiger partial charge on any atom is -0.361 e. The standard InChI is InChI=1S/2C27H32N6OS.C19H21BrN2OS.C8H12N4/c2*1-2-3-6-20(15-21-17-29-23-8-5-4-7-22(21)23)16-24(34)25-18-30-27(35-25)33-13-11-32(12-14-33)26-9-10-28-19-31-26;1-2-3-6-13(10-17(23)18-12-22-19(20)24-18)9-14-11-21-16-8-5-4-7-15(14)16;1-2-10-7-11-8(1)12-5-3-9-4-6-12/h2*4-5,7-10,17-20,29H,2-3,6,11-16H2,1H3;4-5,7-8,11-13,21H,2-3,6,9-10H2,1H3;1-2,7,9H,3-6H2. The van der Waals surface area contributed by atoms with Crippen molar-refractivity contribution in [1.29, 1.82) is 0 Å². The van der Waals surface area contributed by atoms with Crippen LogP contribution in [0.1, 0.15) is 144 Å². The van der Waals surface area contributed by atoms with Crippen LogP contribution in [0.25, 0.3) is 32.7 Å². The molecule has 3 saturated heterocycles. The summed E-state index contributed by atoms with van der Waals surface area (Å²) in [6, 6.07) is 31.0. The van der Waals surface area contributed by atoms with Crippen LogP contribution in [0.5, 0.6) is 0 Å². The molecule has 106 heavy (non-hydrogen) atoms. The van der Waals surface area contributed by atoms with Crippen molar-refractivity contribution in [1.82, 2.24) is 65.1 Å². The van der Waals surface area contributed by atoms with Crippen LogP contribution in [0.2, 0.25) is 0 Å². The molecule has 4 N–H and O–H groups in total. The van der Waals surface area contributed by atoms with Crippen LogP contribution in [-0.2, 0) is 19.3 Å². The second-order valence-electron chi connectivity index (χ2n) is 27.5. The minimum absolute atomic E-state index is 0.208. The maximum absolute atomic E-state index is 13.3. The average molecular weight is 1550 g/mol. The number of rotatable bonds is 29. The topological polar surface area (TPSA) is 243 Å². The lowest BCUT2D eigenvalue weighted by Gasteiger charge is -2.35. The number of hydrogen-bond donors (Lipinski definition) is 4. The van der Waals surface area contributed by atoms with Gasteiger partial charge < -0.3 is 44.8 Å².